The van der Waals surface area contributed by atoms with Gasteiger partial charge in [-0.05, 0) is 19.1 Å². The van der Waals surface area contributed by atoms with Crippen LogP contribution in [0, 0.1) is 22.9 Å². The lowest BCUT2D eigenvalue weighted by molar-refractivity contribution is -0.385. The largest absolute Gasteiger partial charge is 0.431 e. The predicted octanol–water partition coefficient (Wildman–Crippen LogP) is 3.84. The maximum atomic E-state index is 13.1. The molecule has 1 heterocycles. The van der Waals surface area contributed by atoms with E-state index in [9.17, 15) is 14.5 Å². The van der Waals surface area contributed by atoms with Crippen LogP contribution in [0.5, 0.6) is 11.6 Å². The van der Waals surface area contributed by atoms with E-state index in [0.717, 1.165) is 12.1 Å². The maximum Gasteiger partial charge on any atom is 0.314 e. The van der Waals surface area contributed by atoms with Gasteiger partial charge in [-0.15, -0.1) is 0 Å². The van der Waals surface area contributed by atoms with E-state index in [0.29, 0.717) is 17.8 Å². The number of hydrogen-bond donors (Lipinski definition) is 0. The summed E-state index contributed by atoms with van der Waals surface area (Å²) < 4.78 is 18.5. The van der Waals surface area contributed by atoms with Crippen molar-refractivity contribution in [2.75, 3.05) is 0 Å². The fourth-order valence-corrected chi connectivity index (χ4v) is 1.77. The van der Waals surface area contributed by atoms with Crippen molar-refractivity contribution in [3.8, 4) is 11.6 Å². The van der Waals surface area contributed by atoms with E-state index in [1.807, 2.05) is 6.92 Å². The Hall–Kier alpha value is -2.28. The minimum absolute atomic E-state index is 0.110. The number of hydrogen-bond acceptors (Lipinski definition) is 5. The Bertz CT molecular complexity index is 709. The van der Waals surface area contributed by atoms with Crippen LogP contribution in [-0.2, 0) is 6.42 Å². The minimum atomic E-state index is -0.725. The molecule has 0 amide bonds. The summed E-state index contributed by atoms with van der Waals surface area (Å²) in [4.78, 5) is 18.4. The lowest BCUT2D eigenvalue weighted by atomic mass is 10.3. The van der Waals surface area contributed by atoms with E-state index in [2.05, 4.69) is 9.97 Å². The lowest BCUT2D eigenvalue weighted by Gasteiger charge is -2.10. The summed E-state index contributed by atoms with van der Waals surface area (Å²) in [6.45, 7) is 3.47. The lowest BCUT2D eigenvalue weighted by Crippen LogP contribution is -2.01. The molecule has 0 fully saturated rings. The van der Waals surface area contributed by atoms with Crippen LogP contribution >= 0.6 is 11.6 Å². The highest BCUT2D eigenvalue weighted by Gasteiger charge is 2.19. The van der Waals surface area contributed by atoms with Crippen molar-refractivity contribution in [1.29, 1.82) is 0 Å². The fraction of sp³-hybridized carbons (Fsp3) is 0.231. The Morgan fingerprint density at radius 3 is 2.76 bits per heavy atom. The van der Waals surface area contributed by atoms with Crippen LogP contribution in [0.4, 0.5) is 10.1 Å². The first kappa shape index (κ1) is 15.1. The number of ether oxygens (including phenoxy) is 1. The molecule has 2 aromatic rings. The normalized spacial score (nSPS) is 10.5. The first-order valence-electron chi connectivity index (χ1n) is 6.07. The molecule has 8 heteroatoms. The van der Waals surface area contributed by atoms with Crippen LogP contribution in [0.25, 0.3) is 0 Å². The van der Waals surface area contributed by atoms with Gasteiger partial charge in [0.1, 0.15) is 16.8 Å². The van der Waals surface area contributed by atoms with Crippen LogP contribution in [0.1, 0.15) is 18.3 Å². The van der Waals surface area contributed by atoms with E-state index >= 15 is 0 Å². The van der Waals surface area contributed by atoms with E-state index in [1.165, 1.54) is 6.07 Å². The van der Waals surface area contributed by atoms with Gasteiger partial charge in [0, 0.05) is 12.0 Å². The monoisotopic (exact) mass is 311 g/mol. The number of aromatic nitrogens is 2. The standard InChI is InChI=1S/C13H11ClFN3O3/c1-3-11-16-12(14)7(2)13(17-11)21-10-5-4-8(15)6-9(10)18(19)20/h4-6H,3H2,1-2H3. The van der Waals surface area contributed by atoms with Gasteiger partial charge in [-0.1, -0.05) is 18.5 Å². The van der Waals surface area contributed by atoms with Gasteiger partial charge in [0.2, 0.25) is 11.6 Å². The van der Waals surface area contributed by atoms with Crippen LogP contribution in [0.3, 0.4) is 0 Å². The van der Waals surface area contributed by atoms with Crippen LogP contribution in [0.2, 0.25) is 5.15 Å². The van der Waals surface area contributed by atoms with Gasteiger partial charge in [0.25, 0.3) is 0 Å². The topological polar surface area (TPSA) is 78.2 Å². The van der Waals surface area contributed by atoms with Gasteiger partial charge in [-0.3, -0.25) is 10.1 Å². The Kier molecular flexibility index (Phi) is 4.32. The highest BCUT2D eigenvalue weighted by atomic mass is 35.5. The molecule has 0 atom stereocenters. The van der Waals surface area contributed by atoms with E-state index in [4.69, 9.17) is 16.3 Å². The molecule has 0 aliphatic carbocycles. The van der Waals surface area contributed by atoms with Crippen molar-refractivity contribution < 1.29 is 14.1 Å². The van der Waals surface area contributed by atoms with Crippen molar-refractivity contribution >= 4 is 17.3 Å². The summed E-state index contributed by atoms with van der Waals surface area (Å²) in [5, 5.41) is 11.1. The molecule has 0 radical (unpaired) electrons. The average Bonchev–Trinajstić information content (AvgIpc) is 2.45. The molecule has 2 rings (SSSR count). The number of nitro benzene ring substituents is 1. The van der Waals surface area contributed by atoms with Gasteiger partial charge in [-0.25, -0.2) is 9.37 Å². The molecule has 0 N–H and O–H groups in total. The number of nitrogens with zero attached hydrogens (tertiary/aromatic N) is 3. The van der Waals surface area contributed by atoms with E-state index in [1.54, 1.807) is 6.92 Å². The molecule has 1 aromatic carbocycles. The number of aryl methyl sites for hydroxylation is 1. The number of nitro groups is 1. The molecule has 0 spiro atoms. The highest BCUT2D eigenvalue weighted by Crippen LogP contribution is 2.33. The molecule has 0 bridgehead atoms. The average molecular weight is 312 g/mol. The van der Waals surface area contributed by atoms with Crippen molar-refractivity contribution in [1.82, 2.24) is 9.97 Å². The van der Waals surface area contributed by atoms with Gasteiger partial charge in [0.15, 0.2) is 0 Å². The molecular weight excluding hydrogens is 301 g/mol. The van der Waals surface area contributed by atoms with Gasteiger partial charge in [0.05, 0.1) is 11.0 Å². The van der Waals surface area contributed by atoms with Crippen LogP contribution in [0.15, 0.2) is 18.2 Å². The van der Waals surface area contributed by atoms with Crippen molar-refractivity contribution in [2.24, 2.45) is 0 Å². The molecule has 6 nitrogen and oxygen atoms in total. The summed E-state index contributed by atoms with van der Waals surface area (Å²) in [5.74, 6) is -0.269. The summed E-state index contributed by atoms with van der Waals surface area (Å²) in [7, 11) is 0. The Labute approximate surface area is 124 Å². The summed E-state index contributed by atoms with van der Waals surface area (Å²) in [6, 6.07) is 3.03. The maximum absolute atomic E-state index is 13.1. The second-order valence-electron chi connectivity index (χ2n) is 4.19. The van der Waals surface area contributed by atoms with Crippen molar-refractivity contribution in [3.63, 3.8) is 0 Å². The third-order valence-electron chi connectivity index (χ3n) is 2.73. The zero-order valence-corrected chi connectivity index (χ0v) is 12.0. The predicted molar refractivity (Wildman–Crippen MR) is 74.3 cm³/mol. The Morgan fingerprint density at radius 2 is 2.14 bits per heavy atom. The molecule has 21 heavy (non-hydrogen) atoms. The second-order valence-corrected chi connectivity index (χ2v) is 4.54. The third-order valence-corrected chi connectivity index (χ3v) is 3.10. The van der Waals surface area contributed by atoms with Gasteiger partial charge < -0.3 is 4.74 Å². The van der Waals surface area contributed by atoms with E-state index < -0.39 is 16.4 Å². The number of halogens is 2. The molecule has 0 saturated heterocycles. The van der Waals surface area contributed by atoms with Crippen molar-refractivity contribution in [3.05, 3.63) is 50.7 Å². The zero-order valence-electron chi connectivity index (χ0n) is 11.3. The molecular formula is C13H11ClFN3O3. The molecule has 1 aromatic heterocycles. The molecule has 0 aliphatic rings. The minimum Gasteiger partial charge on any atom is -0.431 e. The molecule has 0 unspecified atom stereocenters. The molecule has 110 valence electrons. The summed E-state index contributed by atoms with van der Waals surface area (Å²) in [5.41, 5.74) is -0.0327. The Balaban J connectivity index is 2.48. The quantitative estimate of drug-likeness (QED) is 0.487. The zero-order chi connectivity index (χ0) is 15.6. The molecule has 0 saturated carbocycles. The van der Waals surface area contributed by atoms with Gasteiger partial charge in [-0.2, -0.15) is 4.98 Å². The van der Waals surface area contributed by atoms with Crippen molar-refractivity contribution in [2.45, 2.75) is 20.3 Å². The second kappa shape index (κ2) is 6.01. The van der Waals surface area contributed by atoms with Crippen LogP contribution in [-0.4, -0.2) is 14.9 Å². The Morgan fingerprint density at radius 1 is 1.43 bits per heavy atom. The SMILES string of the molecule is CCc1nc(Cl)c(C)c(Oc2ccc(F)cc2[N+](=O)[O-])n1. The first-order valence-corrected chi connectivity index (χ1v) is 6.45. The van der Waals surface area contributed by atoms with Gasteiger partial charge >= 0.3 is 5.69 Å². The number of rotatable bonds is 4. The highest BCUT2D eigenvalue weighted by molar-refractivity contribution is 6.30. The summed E-state index contributed by atoms with van der Waals surface area (Å²) >= 11 is 5.97. The van der Waals surface area contributed by atoms with Crippen LogP contribution < -0.4 is 4.74 Å². The first-order chi connectivity index (χ1) is 9.92. The fourth-order valence-electron chi connectivity index (χ4n) is 1.59. The smallest absolute Gasteiger partial charge is 0.314 e. The third kappa shape index (κ3) is 3.25. The summed E-state index contributed by atoms with van der Waals surface area (Å²) in [6.07, 6.45) is 0.530. The number of benzene rings is 1. The molecule has 0 aliphatic heterocycles. The van der Waals surface area contributed by atoms with E-state index in [-0.39, 0.29) is 16.8 Å².